The number of nitrogens with zero attached hydrogens (tertiary/aromatic N) is 4. The van der Waals surface area contributed by atoms with Gasteiger partial charge in [0.1, 0.15) is 17.0 Å². The van der Waals surface area contributed by atoms with Gasteiger partial charge in [0.2, 0.25) is 17.8 Å². The molecule has 2 heterocycles. The van der Waals surface area contributed by atoms with E-state index in [1.807, 2.05) is 6.92 Å². The van der Waals surface area contributed by atoms with Gasteiger partial charge < -0.3 is 21.5 Å². The summed E-state index contributed by atoms with van der Waals surface area (Å²) in [5.74, 6) is -3.51. The SMILES string of the molecule is CCC[C@@H](CCC(N)=O)n1c(Nc2c(F)cc(F)cc2F)nc2cnc(N[C@@H](C)CO)nc21. The summed E-state index contributed by atoms with van der Waals surface area (Å²) in [5, 5.41) is 14.9. The zero-order valence-corrected chi connectivity index (χ0v) is 18.3. The minimum atomic E-state index is -1.12. The van der Waals surface area contributed by atoms with Gasteiger partial charge in [-0.15, -0.1) is 0 Å². The average molecular weight is 465 g/mol. The molecule has 1 amide bonds. The summed E-state index contributed by atoms with van der Waals surface area (Å²) in [6.45, 7) is 3.55. The van der Waals surface area contributed by atoms with E-state index in [9.17, 15) is 23.1 Å². The molecule has 0 saturated heterocycles. The Morgan fingerprint density at radius 3 is 2.52 bits per heavy atom. The number of hydrogen-bond donors (Lipinski definition) is 4. The number of benzene rings is 1. The number of imidazole rings is 1. The first-order valence-electron chi connectivity index (χ1n) is 10.6. The number of primary amides is 1. The second kappa shape index (κ2) is 10.5. The molecule has 0 fully saturated rings. The van der Waals surface area contributed by atoms with E-state index in [1.165, 1.54) is 6.20 Å². The van der Waals surface area contributed by atoms with Crippen LogP contribution in [-0.2, 0) is 4.79 Å². The van der Waals surface area contributed by atoms with Gasteiger partial charge in [0.05, 0.1) is 12.8 Å². The first-order chi connectivity index (χ1) is 15.7. The van der Waals surface area contributed by atoms with Gasteiger partial charge in [-0.2, -0.15) is 4.98 Å². The van der Waals surface area contributed by atoms with E-state index >= 15 is 0 Å². The molecule has 33 heavy (non-hydrogen) atoms. The van der Waals surface area contributed by atoms with Crippen LogP contribution >= 0.6 is 0 Å². The zero-order valence-electron chi connectivity index (χ0n) is 18.3. The van der Waals surface area contributed by atoms with Gasteiger partial charge in [0, 0.05) is 30.6 Å². The van der Waals surface area contributed by atoms with E-state index in [2.05, 4.69) is 25.6 Å². The Morgan fingerprint density at radius 1 is 1.21 bits per heavy atom. The van der Waals surface area contributed by atoms with Crippen molar-refractivity contribution in [1.29, 1.82) is 0 Å². The van der Waals surface area contributed by atoms with E-state index in [-0.39, 0.29) is 37.0 Å². The molecule has 9 nitrogen and oxygen atoms in total. The smallest absolute Gasteiger partial charge is 0.225 e. The maximum absolute atomic E-state index is 14.3. The summed E-state index contributed by atoms with van der Waals surface area (Å²) >= 11 is 0. The van der Waals surface area contributed by atoms with Gasteiger partial charge in [-0.25, -0.2) is 23.1 Å². The Labute approximate surface area is 188 Å². The highest BCUT2D eigenvalue weighted by Crippen LogP contribution is 2.32. The second-order valence-electron chi connectivity index (χ2n) is 7.75. The normalized spacial score (nSPS) is 13.2. The van der Waals surface area contributed by atoms with Crippen molar-refractivity contribution in [2.75, 3.05) is 17.2 Å². The molecular formula is C21H26F3N7O2. The van der Waals surface area contributed by atoms with Crippen molar-refractivity contribution < 1.29 is 23.1 Å². The Hall–Kier alpha value is -3.41. The molecule has 0 aliphatic heterocycles. The predicted molar refractivity (Wildman–Crippen MR) is 117 cm³/mol. The second-order valence-corrected chi connectivity index (χ2v) is 7.75. The Balaban J connectivity index is 2.14. The maximum atomic E-state index is 14.3. The van der Waals surface area contributed by atoms with E-state index in [4.69, 9.17) is 5.73 Å². The first-order valence-corrected chi connectivity index (χ1v) is 10.6. The van der Waals surface area contributed by atoms with Crippen molar-refractivity contribution in [2.24, 2.45) is 5.73 Å². The molecule has 5 N–H and O–H groups in total. The summed E-state index contributed by atoms with van der Waals surface area (Å²) in [6.07, 6.45) is 3.20. The predicted octanol–water partition coefficient (Wildman–Crippen LogP) is 3.39. The fourth-order valence-corrected chi connectivity index (χ4v) is 3.48. The fourth-order valence-electron chi connectivity index (χ4n) is 3.48. The third-order valence-corrected chi connectivity index (χ3v) is 5.04. The summed E-state index contributed by atoms with van der Waals surface area (Å²) in [7, 11) is 0. The highest BCUT2D eigenvalue weighted by molar-refractivity contribution is 5.77. The molecule has 3 rings (SSSR count). The van der Waals surface area contributed by atoms with Crippen LogP contribution in [0, 0.1) is 17.5 Å². The molecule has 0 saturated carbocycles. The van der Waals surface area contributed by atoms with Crippen LogP contribution in [0.3, 0.4) is 0 Å². The highest BCUT2D eigenvalue weighted by Gasteiger charge is 2.23. The van der Waals surface area contributed by atoms with Crippen molar-refractivity contribution in [3.63, 3.8) is 0 Å². The Kier molecular flexibility index (Phi) is 7.69. The number of aromatic nitrogens is 4. The number of anilines is 3. The number of carbonyl (C=O) groups is 1. The minimum absolute atomic E-state index is 0.0546. The molecule has 0 aliphatic rings. The number of aliphatic hydroxyl groups excluding tert-OH is 1. The van der Waals surface area contributed by atoms with Crippen molar-refractivity contribution in [2.45, 2.75) is 51.6 Å². The lowest BCUT2D eigenvalue weighted by Crippen LogP contribution is -2.21. The molecule has 0 spiro atoms. The van der Waals surface area contributed by atoms with Crippen LogP contribution in [0.1, 0.15) is 45.6 Å². The van der Waals surface area contributed by atoms with Crippen molar-refractivity contribution >= 4 is 34.7 Å². The number of fused-ring (bicyclic) bond motifs is 1. The lowest BCUT2D eigenvalue weighted by Gasteiger charge is -2.21. The highest BCUT2D eigenvalue weighted by atomic mass is 19.1. The molecule has 0 radical (unpaired) electrons. The molecular weight excluding hydrogens is 439 g/mol. The monoisotopic (exact) mass is 465 g/mol. The lowest BCUT2D eigenvalue weighted by molar-refractivity contribution is -0.118. The first kappa shape index (κ1) is 24.2. The number of hydrogen-bond acceptors (Lipinski definition) is 7. The average Bonchev–Trinajstić information content (AvgIpc) is 3.10. The van der Waals surface area contributed by atoms with Crippen molar-refractivity contribution in [3.8, 4) is 0 Å². The Bertz CT molecular complexity index is 1120. The quantitative estimate of drug-likeness (QED) is 0.341. The van der Waals surface area contributed by atoms with Gasteiger partial charge in [-0.3, -0.25) is 9.36 Å². The molecule has 2 atom stereocenters. The fraction of sp³-hybridized carbons (Fsp3) is 0.429. The van der Waals surface area contributed by atoms with E-state index in [0.29, 0.717) is 36.1 Å². The Morgan fingerprint density at radius 2 is 1.91 bits per heavy atom. The topological polar surface area (TPSA) is 131 Å². The van der Waals surface area contributed by atoms with Gasteiger partial charge >= 0.3 is 0 Å². The molecule has 2 aromatic heterocycles. The lowest BCUT2D eigenvalue weighted by atomic mass is 10.1. The summed E-state index contributed by atoms with van der Waals surface area (Å²) < 4.78 is 43.7. The summed E-state index contributed by atoms with van der Waals surface area (Å²) in [6, 6.07) is 0.472. The molecule has 3 aromatic rings. The molecule has 0 aliphatic carbocycles. The standard InChI is InChI=1S/C21H26F3N7O2/c1-3-4-13(5-6-17(25)33)31-19-16(9-26-20(30-19)27-11(2)10-32)28-21(31)29-18-14(23)7-12(22)8-15(18)24/h7-9,11,13,32H,3-6,10H2,1-2H3,(H2,25,33)(H,28,29)(H,26,27,30)/t11-,13-/m0/s1. The number of aliphatic hydroxyl groups is 1. The van der Waals surface area contributed by atoms with Gasteiger partial charge in [0.25, 0.3) is 0 Å². The van der Waals surface area contributed by atoms with Crippen LogP contribution in [-0.4, -0.2) is 43.2 Å². The van der Waals surface area contributed by atoms with Gasteiger partial charge in [0.15, 0.2) is 17.3 Å². The van der Waals surface area contributed by atoms with Crippen LogP contribution in [0.15, 0.2) is 18.3 Å². The van der Waals surface area contributed by atoms with E-state index < -0.39 is 29.0 Å². The van der Waals surface area contributed by atoms with Crippen molar-refractivity contribution in [1.82, 2.24) is 19.5 Å². The number of carbonyl (C=O) groups excluding carboxylic acids is 1. The largest absolute Gasteiger partial charge is 0.394 e. The summed E-state index contributed by atoms with van der Waals surface area (Å²) in [4.78, 5) is 24.5. The minimum Gasteiger partial charge on any atom is -0.394 e. The van der Waals surface area contributed by atoms with Gasteiger partial charge in [-0.05, 0) is 19.8 Å². The van der Waals surface area contributed by atoms with Crippen LogP contribution < -0.4 is 16.4 Å². The molecule has 178 valence electrons. The van der Waals surface area contributed by atoms with Crippen LogP contribution in [0.25, 0.3) is 11.2 Å². The number of nitrogens with two attached hydrogens (primary N) is 1. The molecule has 1 aromatic carbocycles. The molecule has 0 bridgehead atoms. The molecule has 12 heteroatoms. The third kappa shape index (κ3) is 5.69. The number of halogens is 3. The van der Waals surface area contributed by atoms with Crippen LogP contribution in [0.2, 0.25) is 0 Å². The zero-order chi connectivity index (χ0) is 24.1. The molecule has 0 unspecified atom stereocenters. The van der Waals surface area contributed by atoms with Crippen LogP contribution in [0.4, 0.5) is 30.8 Å². The number of amides is 1. The number of nitrogens with one attached hydrogen (secondary N) is 2. The van der Waals surface area contributed by atoms with Crippen LogP contribution in [0.5, 0.6) is 0 Å². The maximum Gasteiger partial charge on any atom is 0.225 e. The number of rotatable bonds is 11. The summed E-state index contributed by atoms with van der Waals surface area (Å²) in [5.41, 5.74) is 5.46. The van der Waals surface area contributed by atoms with Crippen molar-refractivity contribution in [3.05, 3.63) is 35.8 Å². The third-order valence-electron chi connectivity index (χ3n) is 5.04. The van der Waals surface area contributed by atoms with Gasteiger partial charge in [-0.1, -0.05) is 13.3 Å². The van der Waals surface area contributed by atoms with E-state index in [0.717, 1.165) is 6.42 Å². The van der Waals surface area contributed by atoms with E-state index in [1.54, 1.807) is 11.5 Å².